The van der Waals surface area contributed by atoms with E-state index in [1.54, 1.807) is 0 Å². The number of aliphatic hydroxyl groups is 1. The molecule has 0 unspecified atom stereocenters. The van der Waals surface area contributed by atoms with Gasteiger partial charge in [0, 0.05) is 17.1 Å². The van der Waals surface area contributed by atoms with Crippen LogP contribution in [-0.2, 0) is 10.0 Å². The highest BCUT2D eigenvalue weighted by Crippen LogP contribution is 2.27. The second kappa shape index (κ2) is 6.68. The maximum absolute atomic E-state index is 13.7. The number of sulfonamides is 1. The van der Waals surface area contributed by atoms with Crippen LogP contribution in [0.25, 0.3) is 0 Å². The Morgan fingerprint density at radius 2 is 1.86 bits per heavy atom. The number of aliphatic hydroxyl groups excluding tert-OH is 1. The van der Waals surface area contributed by atoms with Gasteiger partial charge in [0.2, 0.25) is 10.0 Å². The second-order valence-corrected chi connectivity index (χ2v) is 7.78. The topological polar surface area (TPSA) is 66.4 Å². The molecule has 0 heterocycles. The summed E-state index contributed by atoms with van der Waals surface area (Å²) >= 11 is 2.88. The lowest BCUT2D eigenvalue weighted by molar-refractivity contribution is 0.109. The third-order valence-electron chi connectivity index (χ3n) is 3.61. The molecule has 1 saturated carbocycles. The molecule has 1 aromatic rings. The average molecular weight is 384 g/mol. The highest BCUT2D eigenvalue weighted by molar-refractivity contribution is 9.10. The van der Waals surface area contributed by atoms with Crippen LogP contribution in [-0.4, -0.2) is 26.2 Å². The maximum Gasteiger partial charge on any atom is 0.244 e. The molecule has 8 heteroatoms. The Morgan fingerprint density at radius 3 is 2.43 bits per heavy atom. The van der Waals surface area contributed by atoms with Gasteiger partial charge in [0.15, 0.2) is 0 Å². The molecule has 1 aromatic carbocycles. The van der Waals surface area contributed by atoms with Gasteiger partial charge < -0.3 is 5.11 Å². The fourth-order valence-electron chi connectivity index (χ4n) is 2.43. The van der Waals surface area contributed by atoms with E-state index in [1.165, 1.54) is 0 Å². The van der Waals surface area contributed by atoms with Crippen LogP contribution in [0.1, 0.15) is 25.7 Å². The smallest absolute Gasteiger partial charge is 0.244 e. The Balaban J connectivity index is 2.09. The minimum Gasteiger partial charge on any atom is -0.393 e. The number of benzene rings is 1. The van der Waals surface area contributed by atoms with Crippen LogP contribution in [0.4, 0.5) is 8.78 Å². The summed E-state index contributed by atoms with van der Waals surface area (Å²) < 4.78 is 53.2. The molecule has 0 amide bonds. The number of hydrogen-bond donors (Lipinski definition) is 2. The molecule has 1 fully saturated rings. The molecule has 1 aliphatic rings. The van der Waals surface area contributed by atoms with Gasteiger partial charge in [-0.15, -0.1) is 0 Å². The molecule has 21 heavy (non-hydrogen) atoms. The summed E-state index contributed by atoms with van der Waals surface area (Å²) in [6, 6.07) is 1.45. The van der Waals surface area contributed by atoms with Gasteiger partial charge in [-0.1, -0.05) is 0 Å². The van der Waals surface area contributed by atoms with Crippen LogP contribution in [0.2, 0.25) is 0 Å². The summed E-state index contributed by atoms with van der Waals surface area (Å²) in [7, 11) is -4.05. The van der Waals surface area contributed by atoms with Crippen molar-refractivity contribution < 1.29 is 22.3 Å². The van der Waals surface area contributed by atoms with Gasteiger partial charge in [-0.2, -0.15) is 0 Å². The van der Waals surface area contributed by atoms with E-state index < -0.39 is 26.6 Å². The van der Waals surface area contributed by atoms with E-state index >= 15 is 0 Å². The molecule has 1 aliphatic carbocycles. The van der Waals surface area contributed by atoms with E-state index in [1.807, 2.05) is 0 Å². The summed E-state index contributed by atoms with van der Waals surface area (Å²) in [6.45, 7) is 0.179. The van der Waals surface area contributed by atoms with Crippen molar-refractivity contribution in [3.05, 3.63) is 28.2 Å². The van der Waals surface area contributed by atoms with Gasteiger partial charge in [0.25, 0.3) is 0 Å². The van der Waals surface area contributed by atoms with E-state index in [9.17, 15) is 22.3 Å². The van der Waals surface area contributed by atoms with Crippen molar-refractivity contribution in [2.24, 2.45) is 5.92 Å². The van der Waals surface area contributed by atoms with Gasteiger partial charge in [-0.25, -0.2) is 21.9 Å². The first-order valence-electron chi connectivity index (χ1n) is 6.62. The van der Waals surface area contributed by atoms with Crippen molar-refractivity contribution in [3.63, 3.8) is 0 Å². The van der Waals surface area contributed by atoms with Gasteiger partial charge >= 0.3 is 0 Å². The van der Waals surface area contributed by atoms with Crippen molar-refractivity contribution in [1.82, 2.24) is 4.72 Å². The fourth-order valence-corrected chi connectivity index (χ4v) is 4.71. The van der Waals surface area contributed by atoms with Gasteiger partial charge in [0.05, 0.1) is 6.10 Å². The molecule has 2 rings (SSSR count). The molecule has 0 radical (unpaired) electrons. The molecular formula is C13H16BrF2NO3S. The van der Waals surface area contributed by atoms with E-state index in [0.29, 0.717) is 18.9 Å². The number of halogens is 3. The lowest BCUT2D eigenvalue weighted by Crippen LogP contribution is -2.32. The monoisotopic (exact) mass is 383 g/mol. The Morgan fingerprint density at radius 1 is 1.24 bits per heavy atom. The van der Waals surface area contributed by atoms with Crippen LogP contribution < -0.4 is 4.72 Å². The number of rotatable bonds is 4. The highest BCUT2D eigenvalue weighted by atomic mass is 79.9. The van der Waals surface area contributed by atoms with Crippen molar-refractivity contribution in [2.75, 3.05) is 6.54 Å². The van der Waals surface area contributed by atoms with Crippen molar-refractivity contribution >= 4 is 26.0 Å². The Bertz CT molecular complexity index is 593. The second-order valence-electron chi connectivity index (χ2n) is 5.23. The third kappa shape index (κ3) is 4.21. The lowest BCUT2D eigenvalue weighted by Gasteiger charge is -2.25. The quantitative estimate of drug-likeness (QED) is 0.839. The minimum absolute atomic E-state index is 0.116. The molecule has 2 N–H and O–H groups in total. The zero-order valence-electron chi connectivity index (χ0n) is 11.2. The van der Waals surface area contributed by atoms with Gasteiger partial charge in [-0.3, -0.25) is 0 Å². The average Bonchev–Trinajstić information content (AvgIpc) is 2.36. The summed E-state index contributed by atoms with van der Waals surface area (Å²) in [4.78, 5) is -0.584. The molecule has 0 saturated heterocycles. The first-order chi connectivity index (χ1) is 9.79. The number of nitrogens with one attached hydrogen (secondary N) is 1. The maximum atomic E-state index is 13.7. The Labute approximate surface area is 130 Å². The standard InChI is InChI=1S/C13H16BrF2NO3S/c14-11-5-9(15)6-12(16)13(11)21(19,20)17-7-8-1-3-10(18)4-2-8/h5-6,8,10,17-18H,1-4,7H2. The van der Waals surface area contributed by atoms with E-state index in [4.69, 9.17) is 0 Å². The van der Waals surface area contributed by atoms with Crippen LogP contribution in [0.15, 0.2) is 21.5 Å². The van der Waals surface area contributed by atoms with Crippen molar-refractivity contribution in [3.8, 4) is 0 Å². The van der Waals surface area contributed by atoms with Crippen LogP contribution in [0.3, 0.4) is 0 Å². The predicted molar refractivity (Wildman–Crippen MR) is 77.2 cm³/mol. The van der Waals surface area contributed by atoms with E-state index in [0.717, 1.165) is 18.9 Å². The van der Waals surface area contributed by atoms with Crippen molar-refractivity contribution in [2.45, 2.75) is 36.7 Å². The first kappa shape index (κ1) is 16.8. The summed E-state index contributed by atoms with van der Waals surface area (Å²) in [6.07, 6.45) is 2.40. The fraction of sp³-hybridized carbons (Fsp3) is 0.538. The summed E-state index contributed by atoms with van der Waals surface area (Å²) in [5, 5.41) is 9.40. The molecule has 4 nitrogen and oxygen atoms in total. The van der Waals surface area contributed by atoms with Crippen LogP contribution in [0.5, 0.6) is 0 Å². The molecule has 0 atom stereocenters. The normalized spacial score (nSPS) is 23.2. The van der Waals surface area contributed by atoms with Crippen LogP contribution in [0, 0.1) is 17.6 Å². The van der Waals surface area contributed by atoms with E-state index in [2.05, 4.69) is 20.7 Å². The SMILES string of the molecule is O=S(=O)(NCC1CCC(O)CC1)c1c(F)cc(F)cc1Br. The first-order valence-corrected chi connectivity index (χ1v) is 8.89. The van der Waals surface area contributed by atoms with Crippen LogP contribution >= 0.6 is 15.9 Å². The largest absolute Gasteiger partial charge is 0.393 e. The Kier molecular flexibility index (Phi) is 5.34. The highest BCUT2D eigenvalue weighted by Gasteiger charge is 2.26. The summed E-state index contributed by atoms with van der Waals surface area (Å²) in [5.41, 5.74) is 0. The number of hydrogen-bond acceptors (Lipinski definition) is 3. The third-order valence-corrected chi connectivity index (χ3v) is 6.00. The molecule has 0 spiro atoms. The molecule has 118 valence electrons. The van der Waals surface area contributed by atoms with E-state index in [-0.39, 0.29) is 23.0 Å². The van der Waals surface area contributed by atoms with Gasteiger partial charge in [0.1, 0.15) is 16.5 Å². The van der Waals surface area contributed by atoms with Crippen molar-refractivity contribution in [1.29, 1.82) is 0 Å². The Hall–Kier alpha value is -0.570. The van der Waals surface area contributed by atoms with Gasteiger partial charge in [-0.05, 0) is 53.6 Å². The molecule has 0 bridgehead atoms. The zero-order chi connectivity index (χ0) is 15.6. The molecular weight excluding hydrogens is 368 g/mol. The zero-order valence-corrected chi connectivity index (χ0v) is 13.6. The predicted octanol–water partition coefficient (Wildman–Crippen LogP) is 2.56. The minimum atomic E-state index is -4.05. The molecule has 0 aromatic heterocycles. The lowest BCUT2D eigenvalue weighted by atomic mass is 9.88. The molecule has 0 aliphatic heterocycles. The summed E-state index contributed by atoms with van der Waals surface area (Å²) in [5.74, 6) is -1.86.